The average molecular weight is 215 g/mol. The summed E-state index contributed by atoms with van der Waals surface area (Å²) in [6.07, 6.45) is 2.36. The summed E-state index contributed by atoms with van der Waals surface area (Å²) in [6.45, 7) is 0.711. The van der Waals surface area contributed by atoms with Gasteiger partial charge in [0.25, 0.3) is 0 Å². The molecule has 1 heterocycles. The van der Waals surface area contributed by atoms with Gasteiger partial charge in [-0.2, -0.15) is 5.21 Å². The lowest BCUT2D eigenvalue weighted by molar-refractivity contribution is 0.705. The van der Waals surface area contributed by atoms with E-state index in [0.29, 0.717) is 12.4 Å². The van der Waals surface area contributed by atoms with Gasteiger partial charge >= 0.3 is 0 Å². The van der Waals surface area contributed by atoms with Crippen LogP contribution in [0.25, 0.3) is 11.4 Å². The average Bonchev–Trinajstić information content (AvgIpc) is 2.95. The highest BCUT2D eigenvalue weighted by Gasteiger charge is 2.42. The standard InChI is InChI=1S/C11H13N5/c12-7-11(4-5-11)9-3-1-2-8(6-9)10-13-15-16-14-10/h1-3,6H,4-5,7,12H2,(H,13,14,15,16). The monoisotopic (exact) mass is 215 g/mol. The summed E-state index contributed by atoms with van der Waals surface area (Å²) >= 11 is 0. The molecule has 1 fully saturated rings. The maximum Gasteiger partial charge on any atom is 0.204 e. The fourth-order valence-electron chi connectivity index (χ4n) is 2.03. The summed E-state index contributed by atoms with van der Waals surface area (Å²) in [5, 5.41) is 14.0. The van der Waals surface area contributed by atoms with Crippen molar-refractivity contribution in [3.05, 3.63) is 29.8 Å². The first kappa shape index (κ1) is 9.47. The van der Waals surface area contributed by atoms with Gasteiger partial charge in [-0.3, -0.25) is 0 Å². The van der Waals surface area contributed by atoms with Gasteiger partial charge in [0.1, 0.15) is 0 Å². The van der Waals surface area contributed by atoms with Crippen molar-refractivity contribution in [2.45, 2.75) is 18.3 Å². The highest BCUT2D eigenvalue weighted by molar-refractivity contribution is 5.56. The van der Waals surface area contributed by atoms with Crippen LogP contribution in [0.5, 0.6) is 0 Å². The predicted octanol–water partition coefficient (Wildman–Crippen LogP) is 0.857. The van der Waals surface area contributed by atoms with Crippen LogP contribution in [0.1, 0.15) is 18.4 Å². The third-order valence-electron chi connectivity index (χ3n) is 3.32. The molecule has 0 radical (unpaired) electrons. The van der Waals surface area contributed by atoms with Crippen LogP contribution in [0.4, 0.5) is 0 Å². The first-order chi connectivity index (χ1) is 7.84. The number of nitrogens with two attached hydrogens (primary N) is 1. The summed E-state index contributed by atoms with van der Waals surface area (Å²) < 4.78 is 0. The van der Waals surface area contributed by atoms with E-state index < -0.39 is 0 Å². The van der Waals surface area contributed by atoms with Crippen LogP contribution < -0.4 is 5.73 Å². The number of H-pyrrole nitrogens is 1. The molecule has 0 aliphatic heterocycles. The van der Waals surface area contributed by atoms with E-state index in [0.717, 1.165) is 5.56 Å². The maximum absolute atomic E-state index is 5.82. The second kappa shape index (κ2) is 3.38. The lowest BCUT2D eigenvalue weighted by Crippen LogP contribution is -2.19. The molecule has 3 N–H and O–H groups in total. The van der Waals surface area contributed by atoms with E-state index in [2.05, 4.69) is 32.8 Å². The Morgan fingerprint density at radius 3 is 2.88 bits per heavy atom. The van der Waals surface area contributed by atoms with Gasteiger partial charge in [-0.15, -0.1) is 10.2 Å². The topological polar surface area (TPSA) is 80.5 Å². The molecule has 16 heavy (non-hydrogen) atoms. The summed E-state index contributed by atoms with van der Waals surface area (Å²) in [6, 6.07) is 8.26. The number of nitrogens with one attached hydrogen (secondary N) is 1. The second-order valence-electron chi connectivity index (χ2n) is 4.30. The first-order valence-electron chi connectivity index (χ1n) is 5.38. The molecule has 0 spiro atoms. The lowest BCUT2D eigenvalue weighted by Gasteiger charge is -2.13. The lowest BCUT2D eigenvalue weighted by atomic mass is 9.94. The number of tetrazole rings is 1. The van der Waals surface area contributed by atoms with Gasteiger partial charge in [0.15, 0.2) is 0 Å². The van der Waals surface area contributed by atoms with Gasteiger partial charge in [0.05, 0.1) is 0 Å². The minimum Gasteiger partial charge on any atom is -0.330 e. The molecule has 82 valence electrons. The molecule has 3 rings (SSSR count). The van der Waals surface area contributed by atoms with E-state index in [1.165, 1.54) is 18.4 Å². The van der Waals surface area contributed by atoms with Crippen molar-refractivity contribution in [1.29, 1.82) is 0 Å². The maximum atomic E-state index is 5.82. The fourth-order valence-corrected chi connectivity index (χ4v) is 2.03. The first-order valence-corrected chi connectivity index (χ1v) is 5.38. The van der Waals surface area contributed by atoms with E-state index >= 15 is 0 Å². The van der Waals surface area contributed by atoms with Crippen molar-refractivity contribution in [3.8, 4) is 11.4 Å². The van der Waals surface area contributed by atoms with Gasteiger partial charge in [-0.1, -0.05) is 18.2 Å². The molecule has 2 aromatic rings. The normalized spacial score (nSPS) is 17.3. The molecule has 1 saturated carbocycles. The molecule has 0 atom stereocenters. The Morgan fingerprint density at radius 2 is 2.25 bits per heavy atom. The zero-order chi connectivity index (χ0) is 11.0. The summed E-state index contributed by atoms with van der Waals surface area (Å²) in [4.78, 5) is 0. The Hall–Kier alpha value is -1.75. The fraction of sp³-hybridized carbons (Fsp3) is 0.364. The Morgan fingerprint density at radius 1 is 1.38 bits per heavy atom. The van der Waals surface area contributed by atoms with Crippen molar-refractivity contribution in [2.75, 3.05) is 6.54 Å². The van der Waals surface area contributed by atoms with Crippen LogP contribution in [-0.2, 0) is 5.41 Å². The minimum absolute atomic E-state index is 0.208. The molecule has 1 aliphatic rings. The number of benzene rings is 1. The van der Waals surface area contributed by atoms with E-state index in [9.17, 15) is 0 Å². The molecule has 0 amide bonds. The smallest absolute Gasteiger partial charge is 0.204 e. The Labute approximate surface area is 93.1 Å². The molecular formula is C11H13N5. The van der Waals surface area contributed by atoms with Crippen molar-refractivity contribution in [3.63, 3.8) is 0 Å². The number of hydrogen-bond donors (Lipinski definition) is 2. The Bertz CT molecular complexity index is 487. The van der Waals surface area contributed by atoms with Gasteiger partial charge < -0.3 is 5.73 Å². The summed E-state index contributed by atoms with van der Waals surface area (Å²) in [7, 11) is 0. The molecule has 0 bridgehead atoms. The number of aromatic amines is 1. The van der Waals surface area contributed by atoms with Crippen LogP contribution in [0.15, 0.2) is 24.3 Å². The van der Waals surface area contributed by atoms with Crippen LogP contribution in [0, 0.1) is 0 Å². The molecule has 0 saturated heterocycles. The second-order valence-corrected chi connectivity index (χ2v) is 4.30. The zero-order valence-electron chi connectivity index (χ0n) is 8.85. The van der Waals surface area contributed by atoms with Crippen molar-refractivity contribution in [1.82, 2.24) is 20.6 Å². The Balaban J connectivity index is 2.01. The third-order valence-corrected chi connectivity index (χ3v) is 3.32. The molecule has 1 aromatic carbocycles. The minimum atomic E-state index is 0.208. The van der Waals surface area contributed by atoms with Crippen molar-refractivity contribution >= 4 is 0 Å². The highest BCUT2D eigenvalue weighted by atomic mass is 15.5. The van der Waals surface area contributed by atoms with Gasteiger partial charge in [-0.05, 0) is 29.7 Å². The van der Waals surface area contributed by atoms with Crippen LogP contribution in [0.2, 0.25) is 0 Å². The van der Waals surface area contributed by atoms with Crippen LogP contribution in [-0.4, -0.2) is 27.2 Å². The molecule has 0 unspecified atom stereocenters. The number of rotatable bonds is 3. The Kier molecular flexibility index (Phi) is 2.00. The molecular weight excluding hydrogens is 202 g/mol. The zero-order valence-corrected chi connectivity index (χ0v) is 8.85. The summed E-state index contributed by atoms with van der Waals surface area (Å²) in [5.41, 5.74) is 8.31. The molecule has 1 aliphatic carbocycles. The van der Waals surface area contributed by atoms with E-state index in [1.54, 1.807) is 0 Å². The largest absolute Gasteiger partial charge is 0.330 e. The quantitative estimate of drug-likeness (QED) is 0.795. The van der Waals surface area contributed by atoms with E-state index in [4.69, 9.17) is 5.73 Å². The third kappa shape index (κ3) is 1.40. The number of nitrogens with zero attached hydrogens (tertiary/aromatic N) is 3. The van der Waals surface area contributed by atoms with Crippen LogP contribution in [0.3, 0.4) is 0 Å². The van der Waals surface area contributed by atoms with Gasteiger partial charge in [-0.25, -0.2) is 0 Å². The van der Waals surface area contributed by atoms with Gasteiger partial charge in [0.2, 0.25) is 5.82 Å². The number of hydrogen-bond acceptors (Lipinski definition) is 4. The van der Waals surface area contributed by atoms with Crippen LogP contribution >= 0.6 is 0 Å². The molecule has 5 nitrogen and oxygen atoms in total. The molecule has 5 heteroatoms. The highest BCUT2D eigenvalue weighted by Crippen LogP contribution is 2.47. The number of aromatic nitrogens is 4. The van der Waals surface area contributed by atoms with E-state index in [-0.39, 0.29) is 5.41 Å². The molecule has 1 aromatic heterocycles. The SMILES string of the molecule is NCC1(c2cccc(-c3nn[nH]n3)c2)CC1. The summed E-state index contributed by atoms with van der Waals surface area (Å²) in [5.74, 6) is 0.634. The van der Waals surface area contributed by atoms with Gasteiger partial charge in [0, 0.05) is 17.5 Å². The van der Waals surface area contributed by atoms with Crippen molar-refractivity contribution in [2.24, 2.45) is 5.73 Å². The van der Waals surface area contributed by atoms with E-state index in [1.807, 2.05) is 12.1 Å². The van der Waals surface area contributed by atoms with Crippen molar-refractivity contribution < 1.29 is 0 Å². The predicted molar refractivity (Wildman–Crippen MR) is 59.6 cm³/mol.